The molecule has 0 radical (unpaired) electrons. The smallest absolute Gasteiger partial charge is 0.490 e. The number of amides is 1. The Labute approximate surface area is 209 Å². The van der Waals surface area contributed by atoms with E-state index in [-0.39, 0.29) is 15.1 Å². The van der Waals surface area contributed by atoms with Crippen molar-refractivity contribution in [2.45, 2.75) is 6.18 Å². The number of hydrogen-bond acceptors (Lipinski definition) is 7. The number of aromatic nitrogens is 3. The molecule has 3 aromatic rings. The van der Waals surface area contributed by atoms with Crippen molar-refractivity contribution in [2.75, 3.05) is 18.5 Å². The second-order valence-electron chi connectivity index (χ2n) is 6.19. The standard InChI is InChI=1S/C16H14Cl3N5O2S.C2HF3O2/c1-24-14(10(17)7-21-24)9-6-8(2-3-11(9)26-5-4-20)22-16(25)13-12(18)15(19)27-23-13;3-2(4,5)1(6)7/h2-3,6-7H,4-5,20H2,1H3,(H,22,25);(H,6,7). The van der Waals surface area contributed by atoms with E-state index in [2.05, 4.69) is 14.8 Å². The van der Waals surface area contributed by atoms with E-state index in [9.17, 15) is 18.0 Å². The van der Waals surface area contributed by atoms with Gasteiger partial charge >= 0.3 is 12.1 Å². The van der Waals surface area contributed by atoms with Gasteiger partial charge < -0.3 is 20.9 Å². The van der Waals surface area contributed by atoms with E-state index in [1.165, 1.54) is 6.20 Å². The average molecular weight is 561 g/mol. The van der Waals surface area contributed by atoms with Crippen molar-refractivity contribution in [2.24, 2.45) is 12.8 Å². The highest BCUT2D eigenvalue weighted by atomic mass is 35.5. The molecule has 2 aromatic heterocycles. The number of rotatable bonds is 6. The molecule has 34 heavy (non-hydrogen) atoms. The Morgan fingerprint density at radius 3 is 2.41 bits per heavy atom. The maximum Gasteiger partial charge on any atom is 0.490 e. The Morgan fingerprint density at radius 2 is 1.94 bits per heavy atom. The lowest BCUT2D eigenvalue weighted by atomic mass is 10.1. The Kier molecular flexibility index (Phi) is 9.53. The fourth-order valence-corrected chi connectivity index (χ4v) is 3.66. The quantitative estimate of drug-likeness (QED) is 0.397. The summed E-state index contributed by atoms with van der Waals surface area (Å²) in [5, 5.41) is 14.6. The third-order valence-corrected chi connectivity index (χ3v) is 5.70. The number of nitrogens with zero attached hydrogens (tertiary/aromatic N) is 3. The van der Waals surface area contributed by atoms with Crippen LogP contribution in [0.3, 0.4) is 0 Å². The lowest BCUT2D eigenvalue weighted by Crippen LogP contribution is -2.21. The topological polar surface area (TPSA) is 132 Å². The number of ether oxygens (including phenoxy) is 1. The Hall–Kier alpha value is -2.58. The number of hydrogen-bond donors (Lipinski definition) is 3. The molecule has 0 aliphatic heterocycles. The number of alkyl halides is 3. The second kappa shape index (κ2) is 11.7. The lowest BCUT2D eigenvalue weighted by molar-refractivity contribution is -0.192. The molecule has 184 valence electrons. The van der Waals surface area contributed by atoms with Gasteiger partial charge in [0.1, 0.15) is 21.7 Å². The molecule has 0 aliphatic carbocycles. The molecule has 4 N–H and O–H groups in total. The zero-order valence-corrected chi connectivity index (χ0v) is 20.1. The number of aryl methyl sites for hydroxylation is 1. The number of nitrogens with two attached hydrogens (primary N) is 1. The third kappa shape index (κ3) is 6.96. The van der Waals surface area contributed by atoms with Crippen LogP contribution in [0.1, 0.15) is 10.5 Å². The fraction of sp³-hybridized carbons (Fsp3) is 0.222. The van der Waals surface area contributed by atoms with Gasteiger partial charge in [0.05, 0.1) is 16.9 Å². The number of carbonyl (C=O) groups is 2. The van der Waals surface area contributed by atoms with Crippen LogP contribution in [0.25, 0.3) is 11.3 Å². The van der Waals surface area contributed by atoms with Crippen molar-refractivity contribution in [1.29, 1.82) is 0 Å². The molecule has 0 bridgehead atoms. The van der Waals surface area contributed by atoms with Gasteiger partial charge in [0.15, 0.2) is 5.69 Å². The highest BCUT2D eigenvalue weighted by Gasteiger charge is 2.38. The molecule has 9 nitrogen and oxygen atoms in total. The number of halogens is 6. The predicted octanol–water partition coefficient (Wildman–Crippen LogP) is 4.73. The minimum Gasteiger partial charge on any atom is -0.492 e. The number of anilines is 1. The van der Waals surface area contributed by atoms with Gasteiger partial charge in [-0.25, -0.2) is 4.79 Å². The number of aliphatic carboxylic acids is 1. The first-order valence-electron chi connectivity index (χ1n) is 8.93. The maximum absolute atomic E-state index is 12.4. The largest absolute Gasteiger partial charge is 0.492 e. The summed E-state index contributed by atoms with van der Waals surface area (Å²) < 4.78 is 43.3. The van der Waals surface area contributed by atoms with Crippen molar-refractivity contribution < 1.29 is 32.6 Å². The van der Waals surface area contributed by atoms with E-state index in [4.69, 9.17) is 55.2 Å². The van der Waals surface area contributed by atoms with Gasteiger partial charge in [0.2, 0.25) is 0 Å². The van der Waals surface area contributed by atoms with Gasteiger partial charge in [-0.05, 0) is 29.7 Å². The van der Waals surface area contributed by atoms with Gasteiger partial charge in [-0.3, -0.25) is 9.48 Å². The molecular formula is C18H15Cl3F3N5O4S. The Bertz CT molecular complexity index is 1170. The third-order valence-electron chi connectivity index (χ3n) is 3.82. The highest BCUT2D eigenvalue weighted by molar-refractivity contribution is 7.11. The minimum atomic E-state index is -5.08. The van der Waals surface area contributed by atoms with Gasteiger partial charge in [0, 0.05) is 24.8 Å². The zero-order valence-electron chi connectivity index (χ0n) is 17.0. The summed E-state index contributed by atoms with van der Waals surface area (Å²) in [6.45, 7) is 0.696. The van der Waals surface area contributed by atoms with Gasteiger partial charge in [0.25, 0.3) is 5.91 Å². The van der Waals surface area contributed by atoms with E-state index >= 15 is 0 Å². The first-order valence-corrected chi connectivity index (χ1v) is 10.8. The van der Waals surface area contributed by atoms with Crippen molar-refractivity contribution in [3.05, 3.63) is 44.5 Å². The van der Waals surface area contributed by atoms with E-state index < -0.39 is 18.1 Å². The summed E-state index contributed by atoms with van der Waals surface area (Å²) in [6, 6.07) is 5.15. The van der Waals surface area contributed by atoms with Crippen LogP contribution >= 0.6 is 46.3 Å². The van der Waals surface area contributed by atoms with Crippen LogP contribution in [0.4, 0.5) is 18.9 Å². The molecule has 0 saturated heterocycles. The molecule has 0 unspecified atom stereocenters. The number of nitrogens with one attached hydrogen (secondary N) is 1. The van der Waals surface area contributed by atoms with E-state index in [0.29, 0.717) is 40.9 Å². The first kappa shape index (κ1) is 27.7. The number of benzene rings is 1. The molecule has 16 heteroatoms. The zero-order chi connectivity index (χ0) is 25.6. The lowest BCUT2D eigenvalue weighted by Gasteiger charge is -2.14. The monoisotopic (exact) mass is 559 g/mol. The minimum absolute atomic E-state index is 0.0650. The molecule has 1 amide bonds. The Morgan fingerprint density at radius 1 is 1.29 bits per heavy atom. The van der Waals surface area contributed by atoms with Crippen molar-refractivity contribution in [3.8, 4) is 17.0 Å². The van der Waals surface area contributed by atoms with Crippen LogP contribution in [0, 0.1) is 0 Å². The van der Waals surface area contributed by atoms with Crippen LogP contribution in [0.2, 0.25) is 14.4 Å². The Balaban J connectivity index is 0.000000509. The maximum atomic E-state index is 12.4. The molecule has 0 spiro atoms. The summed E-state index contributed by atoms with van der Waals surface area (Å²) in [6.07, 6.45) is -3.55. The summed E-state index contributed by atoms with van der Waals surface area (Å²) >= 11 is 19.1. The normalized spacial score (nSPS) is 10.9. The van der Waals surface area contributed by atoms with Gasteiger partial charge in [-0.1, -0.05) is 34.8 Å². The van der Waals surface area contributed by atoms with Crippen LogP contribution in [0.15, 0.2) is 24.4 Å². The fourth-order valence-electron chi connectivity index (χ4n) is 2.39. The number of carbonyl (C=O) groups excluding carboxylic acids is 1. The number of carboxylic acids is 1. The van der Waals surface area contributed by atoms with Crippen LogP contribution in [0.5, 0.6) is 5.75 Å². The SMILES string of the molecule is Cn1ncc(Cl)c1-c1cc(NC(=O)c2nsc(Cl)c2Cl)ccc1OCCN.O=C(O)C(F)(F)F. The van der Waals surface area contributed by atoms with Gasteiger partial charge in [-0.15, -0.1) is 0 Å². The molecule has 2 heterocycles. The van der Waals surface area contributed by atoms with Crippen molar-refractivity contribution in [1.82, 2.24) is 14.2 Å². The summed E-state index contributed by atoms with van der Waals surface area (Å²) in [5.41, 5.74) is 7.41. The summed E-state index contributed by atoms with van der Waals surface area (Å²) in [7, 11) is 1.76. The van der Waals surface area contributed by atoms with Crippen molar-refractivity contribution in [3.63, 3.8) is 0 Å². The predicted molar refractivity (Wildman–Crippen MR) is 122 cm³/mol. The van der Waals surface area contributed by atoms with Crippen LogP contribution < -0.4 is 15.8 Å². The summed E-state index contributed by atoms with van der Waals surface area (Å²) in [4.78, 5) is 21.3. The van der Waals surface area contributed by atoms with Crippen LogP contribution in [-0.4, -0.2) is 50.5 Å². The summed E-state index contributed by atoms with van der Waals surface area (Å²) in [5.74, 6) is -2.66. The second-order valence-corrected chi connectivity index (χ2v) is 8.35. The first-order chi connectivity index (χ1) is 15.9. The van der Waals surface area contributed by atoms with E-state index in [1.807, 2.05) is 0 Å². The van der Waals surface area contributed by atoms with E-state index in [0.717, 1.165) is 11.5 Å². The number of carboxylic acid groups (broad SMARTS) is 1. The molecule has 0 saturated carbocycles. The average Bonchev–Trinajstić information content (AvgIpc) is 3.27. The molecule has 0 atom stereocenters. The van der Waals surface area contributed by atoms with Crippen molar-refractivity contribution >= 4 is 63.9 Å². The molecule has 3 rings (SSSR count). The van der Waals surface area contributed by atoms with Crippen LogP contribution in [-0.2, 0) is 11.8 Å². The van der Waals surface area contributed by atoms with Gasteiger partial charge in [-0.2, -0.15) is 22.6 Å². The highest BCUT2D eigenvalue weighted by Crippen LogP contribution is 2.37. The molecule has 0 aliphatic rings. The molecular weight excluding hydrogens is 546 g/mol. The molecule has 1 aromatic carbocycles. The van der Waals surface area contributed by atoms with E-state index in [1.54, 1.807) is 29.9 Å². The molecule has 0 fully saturated rings.